The van der Waals surface area contributed by atoms with E-state index in [2.05, 4.69) is 0 Å². The number of aliphatic hydroxyl groups is 1. The zero-order valence-electron chi connectivity index (χ0n) is 5.46. The van der Waals surface area contributed by atoms with Gasteiger partial charge < -0.3 is 10.2 Å². The Bertz CT molecular complexity index is 133. The minimum absolute atomic E-state index is 0.0462. The molecule has 0 fully saturated rings. The van der Waals surface area contributed by atoms with Crippen molar-refractivity contribution in [3.8, 4) is 0 Å². The molecular weight excluding hydrogens is 120 g/mol. The van der Waals surface area contributed by atoms with Gasteiger partial charge in [0.15, 0.2) is 0 Å². The van der Waals surface area contributed by atoms with Gasteiger partial charge in [-0.1, -0.05) is 0 Å². The molecule has 0 bridgehead atoms. The molecule has 0 aromatic rings. The summed E-state index contributed by atoms with van der Waals surface area (Å²) in [5, 5.41) is 16.8. The Labute approximate surface area is 53.6 Å². The van der Waals surface area contributed by atoms with Crippen molar-refractivity contribution in [1.82, 2.24) is 0 Å². The first-order valence-electron chi connectivity index (χ1n) is 2.64. The van der Waals surface area contributed by atoms with Crippen LogP contribution in [0.2, 0.25) is 0 Å². The van der Waals surface area contributed by atoms with Crippen LogP contribution in [0.1, 0.15) is 13.8 Å². The molecule has 0 aliphatic heterocycles. The second kappa shape index (κ2) is 3.12. The molecule has 0 amide bonds. The summed E-state index contributed by atoms with van der Waals surface area (Å²) in [5.74, 6) is -1.48. The monoisotopic (exact) mass is 130 g/mol. The molecule has 0 saturated carbocycles. The van der Waals surface area contributed by atoms with Gasteiger partial charge in [0.1, 0.15) is 0 Å². The van der Waals surface area contributed by atoms with Crippen molar-refractivity contribution in [1.29, 1.82) is 0 Å². The van der Waals surface area contributed by atoms with Crippen LogP contribution in [0, 0.1) is 5.92 Å². The molecule has 3 nitrogen and oxygen atoms in total. The van der Waals surface area contributed by atoms with E-state index in [0.717, 1.165) is 0 Å². The maximum Gasteiger partial charge on any atom is 0.310 e. The number of aliphatic carboxylic acids is 1. The maximum atomic E-state index is 10.1. The number of hydrogen-bond donors (Lipinski definition) is 2. The van der Waals surface area contributed by atoms with Gasteiger partial charge in [-0.3, -0.25) is 4.79 Å². The first kappa shape index (κ1) is 8.01. The minimum atomic E-state index is -0.927. The van der Waals surface area contributed by atoms with E-state index < -0.39 is 11.9 Å². The predicted molar refractivity (Wildman–Crippen MR) is 33.2 cm³/mol. The third-order valence-electron chi connectivity index (χ3n) is 0.881. The third-order valence-corrected chi connectivity index (χ3v) is 0.881. The number of carboxylic acids is 1. The highest BCUT2D eigenvalue weighted by Gasteiger charge is 2.06. The first-order valence-corrected chi connectivity index (χ1v) is 2.64. The zero-order chi connectivity index (χ0) is 7.44. The Hall–Kier alpha value is -0.990. The molecule has 52 valence electrons. The lowest BCUT2D eigenvalue weighted by Crippen LogP contribution is -2.06. The van der Waals surface area contributed by atoms with Crippen LogP contribution in [0.5, 0.6) is 0 Å². The maximum absolute atomic E-state index is 10.1. The van der Waals surface area contributed by atoms with Crippen LogP contribution in [0.15, 0.2) is 11.8 Å². The molecule has 0 rings (SSSR count). The van der Waals surface area contributed by atoms with E-state index in [-0.39, 0.29) is 5.76 Å². The van der Waals surface area contributed by atoms with Crippen molar-refractivity contribution in [3.63, 3.8) is 0 Å². The second-order valence-corrected chi connectivity index (χ2v) is 1.93. The van der Waals surface area contributed by atoms with Gasteiger partial charge in [0.05, 0.1) is 11.7 Å². The molecule has 1 atom stereocenters. The van der Waals surface area contributed by atoms with E-state index in [1.807, 2.05) is 0 Å². The summed E-state index contributed by atoms with van der Waals surface area (Å²) in [4.78, 5) is 10.1. The molecule has 0 aromatic heterocycles. The molecule has 0 heterocycles. The van der Waals surface area contributed by atoms with Crippen LogP contribution in [-0.4, -0.2) is 16.2 Å². The number of carbonyl (C=O) groups is 1. The van der Waals surface area contributed by atoms with Crippen molar-refractivity contribution in [2.45, 2.75) is 13.8 Å². The summed E-state index contributed by atoms with van der Waals surface area (Å²) < 4.78 is 0. The predicted octanol–water partition coefficient (Wildman–Crippen LogP) is 1.17. The summed E-state index contributed by atoms with van der Waals surface area (Å²) in [6, 6.07) is 0. The summed E-state index contributed by atoms with van der Waals surface area (Å²) in [6.45, 7) is 2.95. The van der Waals surface area contributed by atoms with Gasteiger partial charge in [0.25, 0.3) is 0 Å². The van der Waals surface area contributed by atoms with Gasteiger partial charge in [0, 0.05) is 0 Å². The van der Waals surface area contributed by atoms with E-state index in [0.29, 0.717) is 0 Å². The van der Waals surface area contributed by atoms with Crippen molar-refractivity contribution in [2.75, 3.05) is 0 Å². The van der Waals surface area contributed by atoms with E-state index >= 15 is 0 Å². The second-order valence-electron chi connectivity index (χ2n) is 1.93. The quantitative estimate of drug-likeness (QED) is 0.551. The lowest BCUT2D eigenvalue weighted by atomic mass is 10.2. The van der Waals surface area contributed by atoms with E-state index in [9.17, 15) is 4.79 Å². The third kappa shape index (κ3) is 3.58. The number of carboxylic acid groups (broad SMARTS) is 1. The minimum Gasteiger partial charge on any atom is -0.513 e. The lowest BCUT2D eigenvalue weighted by Gasteiger charge is -1.96. The fraction of sp³-hybridized carbons (Fsp3) is 0.500. The summed E-state index contributed by atoms with van der Waals surface area (Å²) in [5.41, 5.74) is 0. The topological polar surface area (TPSA) is 57.5 Å². The fourth-order valence-electron chi connectivity index (χ4n) is 0.433. The van der Waals surface area contributed by atoms with Crippen LogP contribution in [0.4, 0.5) is 0 Å². The van der Waals surface area contributed by atoms with Gasteiger partial charge in [-0.05, 0) is 19.9 Å². The molecule has 3 heteroatoms. The Kier molecular flexibility index (Phi) is 2.78. The summed E-state index contributed by atoms with van der Waals surface area (Å²) in [7, 11) is 0. The molecule has 1 unspecified atom stereocenters. The van der Waals surface area contributed by atoms with Gasteiger partial charge in [-0.2, -0.15) is 0 Å². The van der Waals surface area contributed by atoms with Gasteiger partial charge in [-0.15, -0.1) is 0 Å². The van der Waals surface area contributed by atoms with Crippen molar-refractivity contribution < 1.29 is 15.0 Å². The highest BCUT2D eigenvalue weighted by molar-refractivity contribution is 5.71. The van der Waals surface area contributed by atoms with E-state index in [1.165, 1.54) is 19.9 Å². The van der Waals surface area contributed by atoms with Gasteiger partial charge in [-0.25, -0.2) is 0 Å². The lowest BCUT2D eigenvalue weighted by molar-refractivity contribution is -0.139. The van der Waals surface area contributed by atoms with E-state index in [4.69, 9.17) is 10.2 Å². The SMILES string of the molecule is C/C(O)=C\C(C)C(=O)O. The molecule has 0 radical (unpaired) electrons. The Morgan fingerprint density at radius 1 is 1.56 bits per heavy atom. The molecule has 0 saturated heterocycles. The average molecular weight is 130 g/mol. The summed E-state index contributed by atoms with van der Waals surface area (Å²) >= 11 is 0. The number of rotatable bonds is 2. The smallest absolute Gasteiger partial charge is 0.310 e. The van der Waals surface area contributed by atoms with Crippen LogP contribution >= 0.6 is 0 Å². The van der Waals surface area contributed by atoms with Crippen LogP contribution in [0.3, 0.4) is 0 Å². The number of aliphatic hydroxyl groups excluding tert-OH is 1. The Morgan fingerprint density at radius 3 is 2.11 bits per heavy atom. The summed E-state index contributed by atoms with van der Waals surface area (Å²) in [6.07, 6.45) is 1.28. The molecule has 9 heavy (non-hydrogen) atoms. The van der Waals surface area contributed by atoms with E-state index in [1.54, 1.807) is 0 Å². The number of hydrogen-bond acceptors (Lipinski definition) is 2. The van der Waals surface area contributed by atoms with Crippen molar-refractivity contribution in [3.05, 3.63) is 11.8 Å². The zero-order valence-corrected chi connectivity index (χ0v) is 5.46. The highest BCUT2D eigenvalue weighted by Crippen LogP contribution is 1.99. The molecule has 0 aromatic carbocycles. The molecule has 0 aliphatic rings. The van der Waals surface area contributed by atoms with Crippen LogP contribution < -0.4 is 0 Å². The Balaban J connectivity index is 3.91. The number of allylic oxidation sites excluding steroid dienone is 1. The molecular formula is C6H10O3. The molecule has 2 N–H and O–H groups in total. The molecule has 0 spiro atoms. The van der Waals surface area contributed by atoms with Crippen LogP contribution in [-0.2, 0) is 4.79 Å². The van der Waals surface area contributed by atoms with Gasteiger partial charge >= 0.3 is 5.97 Å². The molecule has 0 aliphatic carbocycles. The normalized spacial score (nSPS) is 15.1. The Morgan fingerprint density at radius 2 is 2.00 bits per heavy atom. The largest absolute Gasteiger partial charge is 0.513 e. The van der Waals surface area contributed by atoms with Crippen molar-refractivity contribution in [2.24, 2.45) is 5.92 Å². The van der Waals surface area contributed by atoms with Crippen LogP contribution in [0.25, 0.3) is 0 Å². The average Bonchev–Trinajstić information content (AvgIpc) is 1.63. The van der Waals surface area contributed by atoms with Crippen molar-refractivity contribution >= 4 is 5.97 Å². The standard InChI is InChI=1S/C6H10O3/c1-4(6(8)9)3-5(2)7/h3-4,7H,1-2H3,(H,8,9)/b5-3+. The highest BCUT2D eigenvalue weighted by atomic mass is 16.4. The fourth-order valence-corrected chi connectivity index (χ4v) is 0.433. The van der Waals surface area contributed by atoms with Gasteiger partial charge in [0.2, 0.25) is 0 Å². The first-order chi connectivity index (χ1) is 4.04.